The van der Waals surface area contributed by atoms with Gasteiger partial charge >= 0.3 is 0 Å². The van der Waals surface area contributed by atoms with Gasteiger partial charge in [-0.1, -0.05) is 11.6 Å². The zero-order chi connectivity index (χ0) is 11.0. The van der Waals surface area contributed by atoms with Gasteiger partial charge in [0.1, 0.15) is 5.15 Å². The van der Waals surface area contributed by atoms with Crippen molar-refractivity contribution in [2.75, 3.05) is 0 Å². The van der Waals surface area contributed by atoms with Crippen molar-refractivity contribution in [2.24, 2.45) is 5.92 Å². The van der Waals surface area contributed by atoms with Crippen LogP contribution >= 0.6 is 11.6 Å². The Kier molecular flexibility index (Phi) is 2.84. The molecule has 1 aromatic rings. The molecule has 1 aliphatic carbocycles. The molecule has 0 spiro atoms. The number of alkyl halides is 2. The van der Waals surface area contributed by atoms with Gasteiger partial charge in [0.2, 0.25) is 0 Å². The largest absolute Gasteiger partial charge is 0.388 e. The summed E-state index contributed by atoms with van der Waals surface area (Å²) in [5, 5.41) is 9.64. The van der Waals surface area contributed by atoms with E-state index in [1.165, 1.54) is 6.20 Å². The number of aliphatic hydroxyl groups excluding tert-OH is 1. The summed E-state index contributed by atoms with van der Waals surface area (Å²) in [6, 6.07) is 0. The Morgan fingerprint density at radius 3 is 2.60 bits per heavy atom. The molecule has 1 aromatic heterocycles. The molecular formula is C9H9ClF2N2O. The Morgan fingerprint density at radius 2 is 2.13 bits per heavy atom. The van der Waals surface area contributed by atoms with Gasteiger partial charge in [0.15, 0.2) is 5.82 Å². The van der Waals surface area contributed by atoms with Crippen molar-refractivity contribution in [3.63, 3.8) is 0 Å². The molecule has 82 valence electrons. The fourth-order valence-corrected chi connectivity index (χ4v) is 1.60. The molecular weight excluding hydrogens is 226 g/mol. The lowest BCUT2D eigenvalue weighted by Crippen LogP contribution is -2.05. The summed E-state index contributed by atoms with van der Waals surface area (Å²) in [6.07, 6.45) is -0.444. The highest BCUT2D eigenvalue weighted by molar-refractivity contribution is 6.30. The first-order valence-electron chi connectivity index (χ1n) is 4.58. The molecule has 1 heterocycles. The maximum absolute atomic E-state index is 12.2. The lowest BCUT2D eigenvalue weighted by molar-refractivity contribution is 0.137. The third-order valence-corrected chi connectivity index (χ3v) is 2.67. The van der Waals surface area contributed by atoms with Gasteiger partial charge in [0.25, 0.3) is 6.43 Å². The molecule has 15 heavy (non-hydrogen) atoms. The molecule has 2 rings (SSSR count). The number of halogens is 3. The van der Waals surface area contributed by atoms with Crippen molar-refractivity contribution in [3.05, 3.63) is 22.7 Å². The van der Waals surface area contributed by atoms with Crippen LogP contribution in [0.1, 0.15) is 36.8 Å². The first kappa shape index (κ1) is 10.7. The minimum atomic E-state index is -2.74. The number of aromatic nitrogens is 2. The molecule has 3 nitrogen and oxygen atoms in total. The Labute approximate surface area is 90.1 Å². The lowest BCUT2D eigenvalue weighted by atomic mass is 10.1. The van der Waals surface area contributed by atoms with Crippen LogP contribution in [-0.2, 0) is 0 Å². The minimum absolute atomic E-state index is 0.0836. The van der Waals surface area contributed by atoms with Crippen molar-refractivity contribution < 1.29 is 13.9 Å². The van der Waals surface area contributed by atoms with Crippen LogP contribution in [0.3, 0.4) is 0 Å². The van der Waals surface area contributed by atoms with Crippen LogP contribution in [-0.4, -0.2) is 15.1 Å². The van der Waals surface area contributed by atoms with E-state index in [1.54, 1.807) is 0 Å². The van der Waals surface area contributed by atoms with Crippen LogP contribution in [0.5, 0.6) is 0 Å². The third-order valence-electron chi connectivity index (χ3n) is 2.37. The van der Waals surface area contributed by atoms with Gasteiger partial charge in [-0.25, -0.2) is 18.7 Å². The zero-order valence-corrected chi connectivity index (χ0v) is 8.46. The molecule has 1 N–H and O–H groups in total. The van der Waals surface area contributed by atoms with E-state index < -0.39 is 18.4 Å². The highest BCUT2D eigenvalue weighted by Gasteiger charge is 2.32. The fraction of sp³-hybridized carbons (Fsp3) is 0.556. The smallest absolute Gasteiger partial charge is 0.297 e. The quantitative estimate of drug-likeness (QED) is 0.818. The summed E-state index contributed by atoms with van der Waals surface area (Å²) in [5.74, 6) is -0.435. The maximum Gasteiger partial charge on any atom is 0.297 e. The first-order valence-corrected chi connectivity index (χ1v) is 4.96. The molecule has 0 bridgehead atoms. The van der Waals surface area contributed by atoms with Crippen LogP contribution in [0.4, 0.5) is 8.78 Å². The number of hydrogen-bond donors (Lipinski definition) is 1. The molecule has 1 fully saturated rings. The summed E-state index contributed by atoms with van der Waals surface area (Å²) in [7, 11) is 0. The number of nitrogens with zero attached hydrogens (tertiary/aromatic N) is 2. The minimum Gasteiger partial charge on any atom is -0.388 e. The van der Waals surface area contributed by atoms with Crippen molar-refractivity contribution >= 4 is 11.6 Å². The molecule has 0 aromatic carbocycles. The molecule has 1 saturated carbocycles. The summed E-state index contributed by atoms with van der Waals surface area (Å²) < 4.78 is 24.4. The van der Waals surface area contributed by atoms with E-state index in [0.29, 0.717) is 5.56 Å². The molecule has 0 radical (unpaired) electrons. The monoisotopic (exact) mass is 234 g/mol. The summed E-state index contributed by atoms with van der Waals surface area (Å²) in [4.78, 5) is 6.91. The van der Waals surface area contributed by atoms with Crippen LogP contribution in [0.15, 0.2) is 6.20 Å². The van der Waals surface area contributed by atoms with E-state index in [-0.39, 0.29) is 11.1 Å². The van der Waals surface area contributed by atoms with E-state index in [1.807, 2.05) is 0 Å². The molecule has 0 saturated heterocycles. The number of rotatable bonds is 3. The highest BCUT2D eigenvalue weighted by Crippen LogP contribution is 2.42. The number of hydrogen-bond acceptors (Lipinski definition) is 3. The first-order chi connectivity index (χ1) is 7.09. The second kappa shape index (κ2) is 3.98. The maximum atomic E-state index is 12.2. The molecule has 0 aliphatic heterocycles. The molecule has 0 amide bonds. The average Bonchev–Trinajstić information content (AvgIpc) is 2.99. The van der Waals surface area contributed by atoms with Gasteiger partial charge < -0.3 is 5.11 Å². The van der Waals surface area contributed by atoms with Gasteiger partial charge in [-0.2, -0.15) is 0 Å². The van der Waals surface area contributed by atoms with Crippen molar-refractivity contribution in [1.29, 1.82) is 0 Å². The predicted molar refractivity (Wildman–Crippen MR) is 49.7 cm³/mol. The molecule has 1 unspecified atom stereocenters. The van der Waals surface area contributed by atoms with Crippen LogP contribution in [0.25, 0.3) is 0 Å². The van der Waals surface area contributed by atoms with Crippen LogP contribution < -0.4 is 0 Å². The van der Waals surface area contributed by atoms with Gasteiger partial charge in [0, 0.05) is 11.8 Å². The Morgan fingerprint density at radius 1 is 1.47 bits per heavy atom. The topological polar surface area (TPSA) is 46.0 Å². The van der Waals surface area contributed by atoms with Gasteiger partial charge in [0.05, 0.1) is 6.10 Å². The van der Waals surface area contributed by atoms with E-state index >= 15 is 0 Å². The molecule has 6 heteroatoms. The van der Waals surface area contributed by atoms with E-state index in [0.717, 1.165) is 12.8 Å². The van der Waals surface area contributed by atoms with E-state index in [2.05, 4.69) is 9.97 Å². The van der Waals surface area contributed by atoms with E-state index in [9.17, 15) is 13.9 Å². The Hall–Kier alpha value is -0.810. The van der Waals surface area contributed by atoms with Crippen LogP contribution in [0, 0.1) is 5.92 Å². The zero-order valence-electron chi connectivity index (χ0n) is 7.70. The van der Waals surface area contributed by atoms with Gasteiger partial charge in [-0.15, -0.1) is 0 Å². The normalized spacial score (nSPS) is 18.2. The van der Waals surface area contributed by atoms with Gasteiger partial charge in [-0.3, -0.25) is 0 Å². The summed E-state index contributed by atoms with van der Waals surface area (Å²) in [6.45, 7) is 0. The van der Waals surface area contributed by atoms with Crippen molar-refractivity contribution in [2.45, 2.75) is 25.4 Å². The lowest BCUT2D eigenvalue weighted by Gasteiger charge is -2.10. The second-order valence-corrected chi connectivity index (χ2v) is 3.92. The fourth-order valence-electron chi connectivity index (χ4n) is 1.35. The average molecular weight is 235 g/mol. The second-order valence-electron chi connectivity index (χ2n) is 3.56. The third kappa shape index (κ3) is 2.23. The van der Waals surface area contributed by atoms with Crippen molar-refractivity contribution in [3.8, 4) is 0 Å². The number of aliphatic hydroxyl groups is 1. The molecule has 1 aliphatic rings. The van der Waals surface area contributed by atoms with Crippen LogP contribution in [0.2, 0.25) is 5.15 Å². The predicted octanol–water partition coefficient (Wildman–Crippen LogP) is 2.51. The summed E-state index contributed by atoms with van der Waals surface area (Å²) in [5.41, 5.74) is 0.337. The highest BCUT2D eigenvalue weighted by atomic mass is 35.5. The van der Waals surface area contributed by atoms with Gasteiger partial charge in [-0.05, 0) is 18.8 Å². The standard InChI is InChI=1S/C9H9ClF2N2O/c10-7-5(6(15)4-1-2-4)3-13-9(14-7)8(11)12/h3-4,6,8,15H,1-2H2. The van der Waals surface area contributed by atoms with E-state index in [4.69, 9.17) is 11.6 Å². The van der Waals surface area contributed by atoms with Crippen molar-refractivity contribution in [1.82, 2.24) is 9.97 Å². The Bertz CT molecular complexity index is 371. The molecule has 1 atom stereocenters. The Balaban J connectivity index is 2.25. The SMILES string of the molecule is OC(c1cnc(C(F)F)nc1Cl)C1CC1. The summed E-state index contributed by atoms with van der Waals surface area (Å²) >= 11 is 5.70.